The summed E-state index contributed by atoms with van der Waals surface area (Å²) in [6.07, 6.45) is 3.24. The van der Waals surface area contributed by atoms with E-state index in [4.69, 9.17) is 5.11 Å². The lowest BCUT2D eigenvalue weighted by Crippen LogP contribution is -2.07. The van der Waals surface area contributed by atoms with Crippen LogP contribution in [0, 0.1) is 0 Å². The highest BCUT2D eigenvalue weighted by Crippen LogP contribution is 2.22. The topological polar surface area (TPSA) is 63.1 Å². The molecule has 0 aliphatic rings. The Bertz CT molecular complexity index is 543. The maximum atomic E-state index is 10.9. The second-order valence-electron chi connectivity index (χ2n) is 4.14. The van der Waals surface area contributed by atoms with Gasteiger partial charge in [-0.3, -0.25) is 4.79 Å². The van der Waals surface area contributed by atoms with E-state index >= 15 is 0 Å². The maximum absolute atomic E-state index is 10.9. The molecule has 0 amide bonds. The van der Waals surface area contributed by atoms with E-state index in [0.717, 1.165) is 21.9 Å². The number of carboxylic acids is 1. The molecule has 1 aromatic heterocycles. The van der Waals surface area contributed by atoms with E-state index in [1.54, 1.807) is 24.9 Å². The molecule has 0 saturated carbocycles. The van der Waals surface area contributed by atoms with Crippen molar-refractivity contribution in [1.82, 2.24) is 9.97 Å². The third kappa shape index (κ3) is 3.79. The Labute approximate surface area is 115 Å². The highest BCUT2D eigenvalue weighted by molar-refractivity contribution is 7.98. The number of carboxylic acid groups (broad SMARTS) is 1. The monoisotopic (exact) mass is 274 g/mol. The van der Waals surface area contributed by atoms with Crippen molar-refractivity contribution in [3.63, 3.8) is 0 Å². The number of hydrogen-bond donors (Lipinski definition) is 1. The van der Waals surface area contributed by atoms with Gasteiger partial charge in [0.1, 0.15) is 6.33 Å². The first-order chi connectivity index (χ1) is 9.16. The summed E-state index contributed by atoms with van der Waals surface area (Å²) in [7, 11) is 0. The first kappa shape index (κ1) is 13.5. The summed E-state index contributed by atoms with van der Waals surface area (Å²) in [6.45, 7) is 1.69. The number of aliphatic carboxylic acids is 1. The van der Waals surface area contributed by atoms with Gasteiger partial charge < -0.3 is 5.11 Å². The van der Waals surface area contributed by atoms with Gasteiger partial charge in [0.25, 0.3) is 0 Å². The third-order valence-electron chi connectivity index (χ3n) is 2.79. The van der Waals surface area contributed by atoms with Crippen molar-refractivity contribution in [3.05, 3.63) is 54.0 Å². The predicted molar refractivity (Wildman–Crippen MR) is 74.1 cm³/mol. The van der Waals surface area contributed by atoms with Crippen molar-refractivity contribution in [2.75, 3.05) is 0 Å². The fourth-order valence-corrected chi connectivity index (χ4v) is 2.35. The number of thioether (sulfide) groups is 1. The van der Waals surface area contributed by atoms with Gasteiger partial charge in [0, 0.05) is 11.9 Å². The van der Waals surface area contributed by atoms with E-state index in [2.05, 4.69) is 9.97 Å². The fourth-order valence-electron chi connectivity index (χ4n) is 1.57. The van der Waals surface area contributed by atoms with Crippen LogP contribution in [0.15, 0.2) is 47.9 Å². The molecule has 1 atom stereocenters. The molecular weight excluding hydrogens is 260 g/mol. The van der Waals surface area contributed by atoms with E-state index in [9.17, 15) is 4.79 Å². The molecule has 5 heteroatoms. The van der Waals surface area contributed by atoms with Crippen molar-refractivity contribution in [2.24, 2.45) is 0 Å². The zero-order valence-electron chi connectivity index (χ0n) is 10.5. The van der Waals surface area contributed by atoms with Gasteiger partial charge in [0.05, 0.1) is 10.9 Å². The van der Waals surface area contributed by atoms with Crippen molar-refractivity contribution < 1.29 is 9.90 Å². The lowest BCUT2D eigenvalue weighted by atomic mass is 10.0. The summed E-state index contributed by atoms with van der Waals surface area (Å²) in [4.78, 5) is 18.9. The predicted octanol–water partition coefficient (Wildman–Crippen LogP) is 2.96. The van der Waals surface area contributed by atoms with E-state index < -0.39 is 11.9 Å². The van der Waals surface area contributed by atoms with Crippen molar-refractivity contribution in [2.45, 2.75) is 23.6 Å². The average Bonchev–Trinajstić information content (AvgIpc) is 2.46. The summed E-state index contributed by atoms with van der Waals surface area (Å²) < 4.78 is 0. The first-order valence-corrected chi connectivity index (χ1v) is 6.86. The van der Waals surface area contributed by atoms with Gasteiger partial charge in [-0.1, -0.05) is 24.3 Å². The number of carbonyl (C=O) groups is 1. The number of nitrogens with zero attached hydrogens (tertiary/aromatic N) is 2. The molecule has 4 nitrogen and oxygen atoms in total. The molecule has 0 bridgehead atoms. The summed E-state index contributed by atoms with van der Waals surface area (Å²) in [5.74, 6) is -0.467. The van der Waals surface area contributed by atoms with Crippen LogP contribution in [-0.4, -0.2) is 21.0 Å². The van der Waals surface area contributed by atoms with E-state index in [-0.39, 0.29) is 0 Å². The summed E-state index contributed by atoms with van der Waals surface area (Å²) in [6, 6.07) is 9.53. The molecule has 0 aliphatic heterocycles. The molecule has 1 heterocycles. The third-order valence-corrected chi connectivity index (χ3v) is 3.81. The molecule has 19 heavy (non-hydrogen) atoms. The molecule has 2 aromatic rings. The van der Waals surface area contributed by atoms with Gasteiger partial charge in [-0.2, -0.15) is 0 Å². The Morgan fingerprint density at radius 2 is 2.05 bits per heavy atom. The van der Waals surface area contributed by atoms with Crippen LogP contribution in [0.5, 0.6) is 0 Å². The zero-order chi connectivity index (χ0) is 13.7. The summed E-state index contributed by atoms with van der Waals surface area (Å²) in [5, 5.41) is 9.87. The quantitative estimate of drug-likeness (QED) is 0.671. The molecule has 0 aliphatic carbocycles. The molecule has 0 radical (unpaired) electrons. The Balaban J connectivity index is 1.97. The van der Waals surface area contributed by atoms with Crippen LogP contribution in [0.25, 0.3) is 0 Å². The Morgan fingerprint density at radius 3 is 2.63 bits per heavy atom. The van der Waals surface area contributed by atoms with Crippen LogP contribution in [0.3, 0.4) is 0 Å². The smallest absolute Gasteiger partial charge is 0.310 e. The number of benzene rings is 1. The molecule has 0 spiro atoms. The Hall–Kier alpha value is -1.88. The second-order valence-corrected chi connectivity index (χ2v) is 5.13. The normalized spacial score (nSPS) is 12.1. The van der Waals surface area contributed by atoms with Gasteiger partial charge in [-0.05, 0) is 24.1 Å². The highest BCUT2D eigenvalue weighted by atomic mass is 32.2. The van der Waals surface area contributed by atoms with Crippen LogP contribution in [-0.2, 0) is 10.5 Å². The van der Waals surface area contributed by atoms with Crippen LogP contribution < -0.4 is 0 Å². The molecule has 98 valence electrons. The number of rotatable bonds is 5. The number of aromatic nitrogens is 2. The summed E-state index contributed by atoms with van der Waals surface area (Å²) in [5.41, 5.74) is 1.97. The van der Waals surface area contributed by atoms with E-state index in [1.165, 1.54) is 6.33 Å². The van der Waals surface area contributed by atoms with Crippen molar-refractivity contribution in [1.29, 1.82) is 0 Å². The van der Waals surface area contributed by atoms with Gasteiger partial charge in [0.15, 0.2) is 0 Å². The maximum Gasteiger partial charge on any atom is 0.310 e. The first-order valence-electron chi connectivity index (χ1n) is 5.87. The summed E-state index contributed by atoms with van der Waals surface area (Å²) >= 11 is 1.63. The van der Waals surface area contributed by atoms with E-state index in [1.807, 2.05) is 30.3 Å². The van der Waals surface area contributed by atoms with Gasteiger partial charge in [-0.25, -0.2) is 9.97 Å². The molecule has 1 unspecified atom stereocenters. The highest BCUT2D eigenvalue weighted by Gasteiger charge is 2.12. The molecule has 0 saturated heterocycles. The number of hydrogen-bond acceptors (Lipinski definition) is 4. The standard InChI is InChI=1S/C14H14N2O2S/c1-10(14(17)18)12-4-2-11(3-5-12)8-19-13-6-7-15-9-16-13/h2-7,9-10H,8H2,1H3,(H,17,18). The van der Waals surface area contributed by atoms with Crippen LogP contribution in [0.1, 0.15) is 24.0 Å². The Morgan fingerprint density at radius 1 is 1.32 bits per heavy atom. The second kappa shape index (κ2) is 6.33. The molecule has 2 rings (SSSR count). The largest absolute Gasteiger partial charge is 0.481 e. The molecule has 1 N–H and O–H groups in total. The zero-order valence-corrected chi connectivity index (χ0v) is 11.3. The van der Waals surface area contributed by atoms with Gasteiger partial charge in [0.2, 0.25) is 0 Å². The SMILES string of the molecule is CC(C(=O)O)c1ccc(CSc2ccncn2)cc1. The molecule has 1 aromatic carbocycles. The van der Waals surface area contributed by atoms with Crippen molar-refractivity contribution >= 4 is 17.7 Å². The minimum absolute atomic E-state index is 0.469. The average molecular weight is 274 g/mol. The minimum Gasteiger partial charge on any atom is -0.481 e. The van der Waals surface area contributed by atoms with Crippen LogP contribution in [0.2, 0.25) is 0 Å². The lowest BCUT2D eigenvalue weighted by molar-refractivity contribution is -0.138. The van der Waals surface area contributed by atoms with Crippen LogP contribution in [0.4, 0.5) is 0 Å². The van der Waals surface area contributed by atoms with Crippen LogP contribution >= 0.6 is 11.8 Å². The van der Waals surface area contributed by atoms with Gasteiger partial charge in [-0.15, -0.1) is 11.8 Å². The Kier molecular flexibility index (Phi) is 4.52. The molecular formula is C14H14N2O2S. The fraction of sp³-hybridized carbons (Fsp3) is 0.214. The molecule has 0 fully saturated rings. The van der Waals surface area contributed by atoms with Gasteiger partial charge >= 0.3 is 5.97 Å². The lowest BCUT2D eigenvalue weighted by Gasteiger charge is -2.07. The minimum atomic E-state index is -0.803. The van der Waals surface area contributed by atoms with Crippen molar-refractivity contribution in [3.8, 4) is 0 Å². The van der Waals surface area contributed by atoms with E-state index in [0.29, 0.717) is 0 Å².